The van der Waals surface area contributed by atoms with Crippen molar-refractivity contribution in [3.63, 3.8) is 0 Å². The number of rotatable bonds is 10. The Labute approximate surface area is 263 Å². The lowest BCUT2D eigenvalue weighted by Crippen LogP contribution is -2.62. The molecule has 3 aromatic rings. The maximum Gasteiger partial charge on any atom is 0.325 e. The van der Waals surface area contributed by atoms with Crippen LogP contribution in [-0.2, 0) is 23.9 Å². The van der Waals surface area contributed by atoms with Crippen molar-refractivity contribution in [1.82, 2.24) is 10.3 Å². The van der Waals surface area contributed by atoms with E-state index >= 15 is 0 Å². The monoisotopic (exact) mass is 637 g/mol. The number of ether oxygens (including phenoxy) is 3. The number of hydrogen-bond donors (Lipinski definition) is 2. The van der Waals surface area contributed by atoms with Gasteiger partial charge in [0.05, 0.1) is 36.4 Å². The van der Waals surface area contributed by atoms with Gasteiger partial charge in [0.15, 0.2) is 5.78 Å². The molecule has 0 unspecified atom stereocenters. The Morgan fingerprint density at radius 2 is 1.96 bits per heavy atom. The Kier molecular flexibility index (Phi) is 8.51. The quantitative estimate of drug-likeness (QED) is 0.309. The number of hydrogen-bond acceptors (Lipinski definition) is 10. The summed E-state index contributed by atoms with van der Waals surface area (Å²) in [5.41, 5.74) is 0.341. The molecule has 2 atom stereocenters. The van der Waals surface area contributed by atoms with E-state index in [2.05, 4.69) is 10.3 Å². The number of aromatic nitrogens is 1. The summed E-state index contributed by atoms with van der Waals surface area (Å²) in [6.45, 7) is 4.41. The summed E-state index contributed by atoms with van der Waals surface area (Å²) < 4.78 is 23.5. The third-order valence-electron chi connectivity index (χ3n) is 8.97. The predicted molar refractivity (Wildman–Crippen MR) is 162 cm³/mol. The Morgan fingerprint density at radius 3 is 2.62 bits per heavy atom. The molecule has 2 fully saturated rings. The summed E-state index contributed by atoms with van der Waals surface area (Å²) in [7, 11) is 1.58. The van der Waals surface area contributed by atoms with E-state index < -0.39 is 41.3 Å². The number of Topliss-reactive ketones (excluding diaryl/α,β-unsaturated/α-hetero) is 1. The van der Waals surface area contributed by atoms with Crippen LogP contribution in [0.15, 0.2) is 41.1 Å². The normalized spacial score (nSPS) is 22.9. The smallest absolute Gasteiger partial charge is 0.325 e. The average molecular weight is 638 g/mol. The van der Waals surface area contributed by atoms with Crippen molar-refractivity contribution in [1.29, 1.82) is 0 Å². The zero-order valence-electron chi connectivity index (χ0n) is 25.2. The molecule has 0 bridgehead atoms. The molecule has 1 aromatic carbocycles. The first-order valence-electron chi connectivity index (χ1n) is 14.9. The summed E-state index contributed by atoms with van der Waals surface area (Å²) in [6, 6.07) is 6.40. The minimum atomic E-state index is -1.47. The number of amides is 2. The van der Waals surface area contributed by atoms with Crippen LogP contribution in [0.25, 0.3) is 10.8 Å². The number of oxazole rings is 1. The van der Waals surface area contributed by atoms with Crippen molar-refractivity contribution < 1.29 is 42.9 Å². The van der Waals surface area contributed by atoms with E-state index in [1.807, 2.05) is 31.2 Å². The van der Waals surface area contributed by atoms with Gasteiger partial charge in [0.2, 0.25) is 17.7 Å². The number of carboxylic acid groups (broad SMARTS) is 1. The van der Waals surface area contributed by atoms with Gasteiger partial charge in [0, 0.05) is 24.7 Å². The van der Waals surface area contributed by atoms with Gasteiger partial charge < -0.3 is 29.1 Å². The molecule has 1 spiro atoms. The van der Waals surface area contributed by atoms with Gasteiger partial charge in [0.1, 0.15) is 34.6 Å². The Hall–Kier alpha value is -4.07. The highest BCUT2D eigenvalue weighted by atomic mass is 32.1. The number of carbonyl (C=O) groups is 4. The van der Waals surface area contributed by atoms with E-state index in [-0.39, 0.29) is 31.3 Å². The van der Waals surface area contributed by atoms with Gasteiger partial charge in [-0.25, -0.2) is 4.98 Å². The van der Waals surface area contributed by atoms with Crippen molar-refractivity contribution in [3.05, 3.63) is 53.4 Å². The average Bonchev–Trinajstić information content (AvgIpc) is 3.66. The summed E-state index contributed by atoms with van der Waals surface area (Å²) in [6.07, 6.45) is 3.61. The molecular formula is C32H35N3O9S. The third-order valence-corrected chi connectivity index (χ3v) is 10.3. The fourth-order valence-corrected chi connectivity index (χ4v) is 7.68. The number of carbonyl (C=O) groups excluding carboxylic acids is 3. The molecule has 45 heavy (non-hydrogen) atoms. The summed E-state index contributed by atoms with van der Waals surface area (Å²) >= 11 is 1.26. The van der Waals surface area contributed by atoms with E-state index in [0.29, 0.717) is 58.7 Å². The van der Waals surface area contributed by atoms with Crippen LogP contribution in [0.3, 0.4) is 0 Å². The largest absolute Gasteiger partial charge is 0.496 e. The summed E-state index contributed by atoms with van der Waals surface area (Å²) in [4.78, 5) is 59.6. The molecule has 2 N–H and O–H groups in total. The van der Waals surface area contributed by atoms with E-state index in [1.54, 1.807) is 12.0 Å². The lowest BCUT2D eigenvalue weighted by Gasteiger charge is -2.49. The molecule has 13 heteroatoms. The highest BCUT2D eigenvalue weighted by Crippen LogP contribution is 2.57. The SMILES string of the molecule is COc1ccccc1[C@H](CN1C(=O)C2(CC(C(=O)N[C@@H](C)C(=O)O)C2)C(=O)c2c1sc(-c1ncco1)c2C)OC1CCOCC1. The van der Waals surface area contributed by atoms with Gasteiger partial charge >= 0.3 is 5.97 Å². The van der Waals surface area contributed by atoms with Crippen molar-refractivity contribution in [3.8, 4) is 16.5 Å². The Balaban J connectivity index is 1.39. The molecule has 1 saturated heterocycles. The van der Waals surface area contributed by atoms with Crippen molar-refractivity contribution in [2.75, 3.05) is 31.8 Å². The standard InChI is InChI=1S/C32H35N3O9S/c1-17-24-26(36)32(14-19(15-32)27(37)34-18(2)30(38)39)31(40)35(29(24)45-25(17)28-33-10-13-43-28)16-23(44-20-8-11-42-12-9-20)21-6-4-5-7-22(21)41-3/h4-7,10,13,18-20,23H,8-9,11-12,14-16H2,1-3H3,(H,34,37)(H,38,39)/t18-,19?,23-,32?/m0/s1. The molecule has 1 saturated carbocycles. The van der Waals surface area contributed by atoms with E-state index in [4.69, 9.17) is 18.6 Å². The van der Waals surface area contributed by atoms with Crippen LogP contribution in [0.2, 0.25) is 0 Å². The second-order valence-electron chi connectivity index (χ2n) is 11.8. The zero-order chi connectivity index (χ0) is 31.9. The van der Waals surface area contributed by atoms with Crippen LogP contribution in [0.5, 0.6) is 5.75 Å². The van der Waals surface area contributed by atoms with Crippen LogP contribution in [0.4, 0.5) is 5.00 Å². The maximum atomic E-state index is 14.6. The lowest BCUT2D eigenvalue weighted by molar-refractivity contribution is -0.146. The number of benzene rings is 1. The molecule has 2 aromatic heterocycles. The highest BCUT2D eigenvalue weighted by Gasteiger charge is 2.63. The zero-order valence-corrected chi connectivity index (χ0v) is 26.1. The van der Waals surface area contributed by atoms with Gasteiger partial charge in [-0.1, -0.05) is 18.2 Å². The molecule has 3 aliphatic rings. The van der Waals surface area contributed by atoms with Crippen molar-refractivity contribution >= 4 is 39.9 Å². The fourth-order valence-electron chi connectivity index (χ4n) is 6.43. The highest BCUT2D eigenvalue weighted by molar-refractivity contribution is 7.20. The second kappa shape index (κ2) is 12.4. The minimum absolute atomic E-state index is 0.0253. The summed E-state index contributed by atoms with van der Waals surface area (Å²) in [5.74, 6) is -2.15. The number of aliphatic carboxylic acids is 1. The van der Waals surface area contributed by atoms with Crippen molar-refractivity contribution in [2.45, 2.75) is 57.8 Å². The van der Waals surface area contributed by atoms with Crippen LogP contribution < -0.4 is 15.0 Å². The fraction of sp³-hybridized carbons (Fsp3) is 0.469. The lowest BCUT2D eigenvalue weighted by atomic mass is 9.56. The number of fused-ring (bicyclic) bond motifs is 1. The number of thiophene rings is 1. The molecular weight excluding hydrogens is 602 g/mol. The first-order chi connectivity index (χ1) is 21.6. The van der Waals surface area contributed by atoms with Crippen LogP contribution >= 0.6 is 11.3 Å². The molecule has 0 radical (unpaired) electrons. The number of nitrogens with one attached hydrogen (secondary N) is 1. The predicted octanol–water partition coefficient (Wildman–Crippen LogP) is 4.17. The molecule has 4 heterocycles. The summed E-state index contributed by atoms with van der Waals surface area (Å²) in [5, 5.41) is 12.2. The minimum Gasteiger partial charge on any atom is -0.496 e. The van der Waals surface area contributed by atoms with Gasteiger partial charge in [-0.3, -0.25) is 24.1 Å². The first kappa shape index (κ1) is 30.9. The molecule has 12 nitrogen and oxygen atoms in total. The molecule has 238 valence electrons. The number of ketones is 1. The van der Waals surface area contributed by atoms with E-state index in [0.717, 1.165) is 5.56 Å². The van der Waals surface area contributed by atoms with E-state index in [1.165, 1.54) is 30.7 Å². The molecule has 2 amide bonds. The number of anilines is 1. The number of nitrogens with zero attached hydrogens (tertiary/aromatic N) is 2. The van der Waals surface area contributed by atoms with Crippen LogP contribution in [-0.4, -0.2) is 72.7 Å². The molecule has 2 aliphatic heterocycles. The van der Waals surface area contributed by atoms with Crippen molar-refractivity contribution in [2.24, 2.45) is 11.3 Å². The Bertz CT molecular complexity index is 1610. The second-order valence-corrected chi connectivity index (χ2v) is 12.8. The number of methoxy groups -OCH3 is 1. The molecule has 1 aliphatic carbocycles. The van der Waals surface area contributed by atoms with Gasteiger partial charge in [0.25, 0.3) is 0 Å². The van der Waals surface area contributed by atoms with Crippen LogP contribution in [0, 0.1) is 18.3 Å². The van der Waals surface area contributed by atoms with Gasteiger partial charge in [-0.05, 0) is 51.2 Å². The number of carboxylic acids is 1. The molecule has 6 rings (SSSR count). The van der Waals surface area contributed by atoms with Gasteiger partial charge in [-0.15, -0.1) is 11.3 Å². The van der Waals surface area contributed by atoms with Gasteiger partial charge in [-0.2, -0.15) is 0 Å². The number of para-hydroxylation sites is 1. The van der Waals surface area contributed by atoms with Crippen LogP contribution in [0.1, 0.15) is 60.2 Å². The maximum absolute atomic E-state index is 14.6. The van der Waals surface area contributed by atoms with E-state index in [9.17, 15) is 24.3 Å². The first-order valence-corrected chi connectivity index (χ1v) is 15.8. The Morgan fingerprint density at radius 1 is 1.22 bits per heavy atom. The third kappa shape index (κ3) is 5.53. The topological polar surface area (TPSA) is 158 Å².